The van der Waals surface area contributed by atoms with E-state index in [9.17, 15) is 0 Å². The van der Waals surface area contributed by atoms with Gasteiger partial charge in [0.05, 0.1) is 0 Å². The van der Waals surface area contributed by atoms with Crippen LogP contribution in [0.25, 0.3) is 0 Å². The Bertz CT molecular complexity index is 15.5. The zero-order valence-corrected chi connectivity index (χ0v) is 2.06. The fourth-order valence-electron chi connectivity index (χ4n) is 0. The molecule has 6 heteroatoms. The van der Waals surface area contributed by atoms with E-state index in [-0.39, 0.29) is 160 Å². The van der Waals surface area contributed by atoms with E-state index in [4.69, 9.17) is 0 Å². The molecule has 0 N–H and O–H groups in total. The second kappa shape index (κ2) is 32.2. The SMILES string of the molecule is [AlH3].[BaH2].[CaH2].[MgH2].[SiH4].[Ti]. The first-order valence-electron chi connectivity index (χ1n) is 0. The zero-order chi connectivity index (χ0) is 0. The van der Waals surface area contributed by atoms with E-state index in [0.29, 0.717) is 0 Å². The summed E-state index contributed by atoms with van der Waals surface area (Å²) in [4.78, 5) is 0. The van der Waals surface area contributed by atoms with E-state index in [1.54, 1.807) is 0 Å². The van der Waals surface area contributed by atoms with Gasteiger partial charge in [-0.15, -0.1) is 0 Å². The van der Waals surface area contributed by atoms with Gasteiger partial charge in [-0.3, -0.25) is 0 Å². The molecule has 0 fully saturated rings. The summed E-state index contributed by atoms with van der Waals surface area (Å²) in [7, 11) is 0. The summed E-state index contributed by atoms with van der Waals surface area (Å²) in [5.41, 5.74) is 0. The Morgan fingerprint density at radius 3 is 1.00 bits per heavy atom. The van der Waals surface area contributed by atoms with E-state index < -0.39 is 0 Å². The topological polar surface area (TPSA) is 0 Å². The predicted molar refractivity (Wildman–Crippen MR) is 46.9 cm³/mol. The molecule has 0 atom stereocenters. The van der Waals surface area contributed by atoms with Crippen LogP contribution in [0.2, 0.25) is 0 Å². The Morgan fingerprint density at radius 1 is 1.00 bits per heavy atom. The Balaban J connectivity index is 0. The summed E-state index contributed by atoms with van der Waals surface area (Å²) < 4.78 is 0. The maximum atomic E-state index is 0. The van der Waals surface area contributed by atoms with Gasteiger partial charge in [-0.05, 0) is 11.0 Å². The van der Waals surface area contributed by atoms with Crippen LogP contribution in [-0.4, -0.2) is 138 Å². The minimum atomic E-state index is 0. The van der Waals surface area contributed by atoms with Crippen LogP contribution in [0.1, 0.15) is 0 Å². The largest absolute Gasteiger partial charge is 0.316 e. The molecule has 0 aromatic carbocycles. The van der Waals surface area contributed by atoms with Crippen LogP contribution in [-0.2, 0) is 21.7 Å². The van der Waals surface area contributed by atoms with Crippen LogP contribution in [0, 0.1) is 0 Å². The molecule has 0 saturated carbocycles. The molecular formula is H13AlBaCaMgSiTi. The van der Waals surface area contributed by atoms with Gasteiger partial charge in [0, 0.05) is 21.7 Å². The quantitative estimate of drug-likeness (QED) is 0.391. The molecule has 0 radical (unpaired) electrons. The van der Waals surface area contributed by atoms with Crippen LogP contribution in [0.4, 0.5) is 0 Å². The van der Waals surface area contributed by atoms with Gasteiger partial charge in [-0.1, -0.05) is 0 Å². The summed E-state index contributed by atoms with van der Waals surface area (Å²) in [5, 5.41) is 0. The summed E-state index contributed by atoms with van der Waals surface area (Å²) in [5.74, 6) is 0. The molecule has 0 rings (SSSR count). The van der Waals surface area contributed by atoms with E-state index in [2.05, 4.69) is 0 Å². The second-order valence-electron chi connectivity index (χ2n) is 0. The Kier molecular flexibility index (Phi) is 235. The third kappa shape index (κ3) is 23.0. The van der Waals surface area contributed by atoms with Crippen molar-refractivity contribution in [3.8, 4) is 0 Å². The smallest absolute Gasteiger partial charge is 0.0149 e. The van der Waals surface area contributed by atoms with Crippen LogP contribution in [0.5, 0.6) is 0 Å². The van der Waals surface area contributed by atoms with Gasteiger partial charge >= 0.3 is 110 Å². The zero-order valence-electron chi connectivity index (χ0n) is 0.500. The van der Waals surface area contributed by atoms with Crippen molar-refractivity contribution < 1.29 is 21.7 Å². The average Bonchev–Trinajstić information content (AvgIpc) is 0. The molecule has 0 bridgehead atoms. The van der Waals surface area contributed by atoms with Gasteiger partial charge in [-0.25, -0.2) is 0 Å². The molecule has 6 heavy (non-hydrogen) atoms. The maximum Gasteiger partial charge on any atom is 0.316 e. The number of rotatable bonds is 0. The van der Waals surface area contributed by atoms with Gasteiger partial charge in [0.15, 0.2) is 17.4 Å². The van der Waals surface area contributed by atoms with Gasteiger partial charge in [-0.2, -0.15) is 0 Å². The standard InChI is InChI=1S/Al.Ba.Ca.Mg.H4Si.Ti.9H/h;;;;1H4;;;;;;;;;;. The molecule has 30 valence electrons. The van der Waals surface area contributed by atoms with E-state index in [1.165, 1.54) is 0 Å². The van der Waals surface area contributed by atoms with Gasteiger partial charge in [0.2, 0.25) is 0 Å². The summed E-state index contributed by atoms with van der Waals surface area (Å²) >= 11 is 0. The second-order valence-corrected chi connectivity index (χ2v) is 0. The third-order valence-corrected chi connectivity index (χ3v) is 0. The van der Waals surface area contributed by atoms with Crippen LogP contribution in [0.15, 0.2) is 0 Å². The van der Waals surface area contributed by atoms with Crippen molar-refractivity contribution in [1.82, 2.24) is 0 Å². The van der Waals surface area contributed by atoms with Crippen molar-refractivity contribution in [3.63, 3.8) is 0 Å². The van der Waals surface area contributed by atoms with E-state index in [0.717, 1.165) is 0 Å². The molecule has 0 aliphatic carbocycles. The van der Waals surface area contributed by atoms with Gasteiger partial charge in [0.25, 0.3) is 0 Å². The number of hydrogen-bond donors (Lipinski definition) is 0. The van der Waals surface area contributed by atoms with Crippen molar-refractivity contribution in [1.29, 1.82) is 0 Å². The minimum Gasteiger partial charge on any atom is -0.0149 e. The fraction of sp³-hybridized carbons (Fsp3) is 0. The van der Waals surface area contributed by atoms with Crippen molar-refractivity contribution >= 4 is 138 Å². The van der Waals surface area contributed by atoms with Crippen molar-refractivity contribution in [2.75, 3.05) is 0 Å². The fourth-order valence-corrected chi connectivity index (χ4v) is 0. The molecular weight excluding hydrogens is 305 g/mol. The van der Waals surface area contributed by atoms with Crippen LogP contribution in [0.3, 0.4) is 0 Å². The molecule has 0 aliphatic heterocycles. The third-order valence-electron chi connectivity index (χ3n) is 0. The summed E-state index contributed by atoms with van der Waals surface area (Å²) in [6, 6.07) is 0. The van der Waals surface area contributed by atoms with Crippen molar-refractivity contribution in [2.24, 2.45) is 0 Å². The maximum absolute atomic E-state index is 0. The molecule has 0 spiro atoms. The molecule has 0 heterocycles. The Labute approximate surface area is 155 Å². The van der Waals surface area contributed by atoms with Crippen LogP contribution >= 0.6 is 0 Å². The first kappa shape index (κ1) is 43.7. The molecule has 0 nitrogen and oxygen atoms in total. The first-order chi connectivity index (χ1) is 0. The van der Waals surface area contributed by atoms with Crippen LogP contribution < -0.4 is 0 Å². The Hall–Kier alpha value is 5.06. The summed E-state index contributed by atoms with van der Waals surface area (Å²) in [6.07, 6.45) is 0. The van der Waals surface area contributed by atoms with Gasteiger partial charge in [0.1, 0.15) is 0 Å². The molecule has 0 aromatic heterocycles. The monoisotopic (exact) mass is 318 g/mol. The normalized spacial score (nSPS) is 0. The molecule has 0 aromatic rings. The summed E-state index contributed by atoms with van der Waals surface area (Å²) in [6.45, 7) is 0. The van der Waals surface area contributed by atoms with Gasteiger partial charge < -0.3 is 0 Å². The average molecular weight is 318 g/mol. The first-order valence-corrected chi connectivity index (χ1v) is 0. The number of hydrogen-bond acceptors (Lipinski definition) is 0. The predicted octanol–water partition coefficient (Wildman–Crippen LogP) is -5.39. The molecule has 0 unspecified atom stereocenters. The molecule has 0 saturated heterocycles. The Morgan fingerprint density at radius 2 is 1.00 bits per heavy atom. The minimum absolute atomic E-state index is 0. The van der Waals surface area contributed by atoms with E-state index in [1.807, 2.05) is 0 Å². The van der Waals surface area contributed by atoms with Crippen molar-refractivity contribution in [2.45, 2.75) is 0 Å². The molecule has 0 amide bonds. The van der Waals surface area contributed by atoms with E-state index >= 15 is 0 Å². The molecule has 0 aliphatic rings. The van der Waals surface area contributed by atoms with Crippen molar-refractivity contribution in [3.05, 3.63) is 0 Å².